The monoisotopic (exact) mass is 434 g/mol. The Hall–Kier alpha value is -3.42. The lowest BCUT2D eigenvalue weighted by molar-refractivity contribution is 0.631. The van der Waals surface area contributed by atoms with E-state index in [0.717, 1.165) is 5.57 Å². The molecular weight excluding hydrogens is 411 g/mol. The molecule has 0 aliphatic carbocycles. The van der Waals surface area contributed by atoms with Crippen molar-refractivity contribution in [3.8, 4) is 22.4 Å². The molecule has 0 aliphatic heterocycles. The molecule has 1 aromatic heterocycles. The molecular formula is C24H23FN4OS. The van der Waals surface area contributed by atoms with Gasteiger partial charge < -0.3 is 5.73 Å². The first kappa shape index (κ1) is 22.3. The average Bonchev–Trinajstić information content (AvgIpc) is 2.78. The van der Waals surface area contributed by atoms with Crippen molar-refractivity contribution in [1.82, 2.24) is 14.7 Å². The Bertz CT molecular complexity index is 1160. The van der Waals surface area contributed by atoms with E-state index in [2.05, 4.69) is 27.8 Å². The molecule has 5 nitrogen and oxygen atoms in total. The Labute approximate surface area is 183 Å². The molecule has 0 amide bonds. The Morgan fingerprint density at radius 1 is 1.16 bits per heavy atom. The number of hydrogen-bond donors (Lipinski definition) is 2. The van der Waals surface area contributed by atoms with Crippen molar-refractivity contribution in [3.05, 3.63) is 97.6 Å². The molecule has 158 valence electrons. The summed E-state index contributed by atoms with van der Waals surface area (Å²) in [5, 5.41) is 0. The van der Waals surface area contributed by atoms with Crippen molar-refractivity contribution < 1.29 is 8.60 Å². The number of nitrogens with two attached hydrogens (primary N) is 1. The largest absolute Gasteiger partial charge is 0.382 e. The van der Waals surface area contributed by atoms with E-state index in [1.165, 1.54) is 18.5 Å². The molecule has 3 N–H and O–H groups in total. The van der Waals surface area contributed by atoms with Gasteiger partial charge in [0.15, 0.2) is 0 Å². The van der Waals surface area contributed by atoms with Crippen LogP contribution in [-0.2, 0) is 11.0 Å². The van der Waals surface area contributed by atoms with Crippen LogP contribution in [-0.4, -0.2) is 20.2 Å². The molecule has 0 saturated carbocycles. The summed E-state index contributed by atoms with van der Waals surface area (Å²) < 4.78 is 31.0. The first-order chi connectivity index (χ1) is 14.9. The molecule has 2 atom stereocenters. The van der Waals surface area contributed by atoms with Gasteiger partial charge in [0.05, 0.1) is 23.0 Å². The quantitative estimate of drug-likeness (QED) is 0.498. The van der Waals surface area contributed by atoms with Crippen molar-refractivity contribution >= 4 is 16.8 Å². The molecule has 3 aromatic rings. The molecule has 0 spiro atoms. The minimum absolute atomic E-state index is 0.215. The fourth-order valence-corrected chi connectivity index (χ4v) is 4.22. The molecule has 2 unspecified atom stereocenters. The van der Waals surface area contributed by atoms with E-state index >= 15 is 0 Å². The van der Waals surface area contributed by atoms with Gasteiger partial charge in [-0.05, 0) is 41.8 Å². The van der Waals surface area contributed by atoms with Crippen molar-refractivity contribution in [3.63, 3.8) is 0 Å². The second kappa shape index (κ2) is 10.1. The summed E-state index contributed by atoms with van der Waals surface area (Å²) in [5.41, 5.74) is 8.38. The Balaban J connectivity index is 1.93. The molecule has 3 rings (SSSR count). The Morgan fingerprint density at radius 2 is 1.94 bits per heavy atom. The average molecular weight is 435 g/mol. The highest BCUT2D eigenvalue weighted by Crippen LogP contribution is 2.30. The third kappa shape index (κ3) is 5.20. The SMILES string of the molecule is C=C/C=C(\C=C)C(C)NS(=O)c1ccccc1-c1ccc(-c2cnc(N)cn2)c(F)c1. The number of nitrogens with one attached hydrogen (secondary N) is 1. The summed E-state index contributed by atoms with van der Waals surface area (Å²) in [6, 6.07) is 11.8. The molecule has 0 radical (unpaired) electrons. The summed E-state index contributed by atoms with van der Waals surface area (Å²) >= 11 is 0. The lowest BCUT2D eigenvalue weighted by Gasteiger charge is -2.16. The van der Waals surface area contributed by atoms with Crippen molar-refractivity contribution in [2.75, 3.05) is 5.73 Å². The van der Waals surface area contributed by atoms with E-state index in [1.54, 1.807) is 36.4 Å². The summed E-state index contributed by atoms with van der Waals surface area (Å²) in [6.07, 6.45) is 7.96. The van der Waals surface area contributed by atoms with Gasteiger partial charge in [0.1, 0.15) is 22.6 Å². The minimum atomic E-state index is -1.53. The molecule has 1 heterocycles. The molecule has 0 aliphatic rings. The highest BCUT2D eigenvalue weighted by atomic mass is 32.2. The van der Waals surface area contributed by atoms with Gasteiger partial charge in [0, 0.05) is 11.6 Å². The lowest BCUT2D eigenvalue weighted by atomic mass is 10.0. The fourth-order valence-electron chi connectivity index (χ4n) is 3.05. The number of anilines is 1. The summed E-state index contributed by atoms with van der Waals surface area (Å²) in [5.74, 6) is -0.192. The Morgan fingerprint density at radius 3 is 2.58 bits per heavy atom. The predicted octanol–water partition coefficient (Wildman–Crippen LogP) is 4.83. The zero-order valence-corrected chi connectivity index (χ0v) is 17.9. The summed E-state index contributed by atoms with van der Waals surface area (Å²) in [4.78, 5) is 8.63. The molecule has 7 heteroatoms. The number of hydrogen-bond acceptors (Lipinski definition) is 4. The maximum atomic E-state index is 14.9. The van der Waals surface area contributed by atoms with Crippen molar-refractivity contribution in [2.45, 2.75) is 17.9 Å². The van der Waals surface area contributed by atoms with Gasteiger partial charge in [-0.15, -0.1) is 0 Å². The van der Waals surface area contributed by atoms with E-state index in [-0.39, 0.29) is 11.9 Å². The van der Waals surface area contributed by atoms with Gasteiger partial charge in [-0.1, -0.05) is 55.7 Å². The van der Waals surface area contributed by atoms with Crippen LogP contribution in [0.25, 0.3) is 22.4 Å². The van der Waals surface area contributed by atoms with E-state index in [1.807, 2.05) is 25.1 Å². The van der Waals surface area contributed by atoms with Gasteiger partial charge in [-0.3, -0.25) is 4.98 Å². The maximum absolute atomic E-state index is 14.9. The third-order valence-electron chi connectivity index (χ3n) is 4.64. The van der Waals surface area contributed by atoms with Gasteiger partial charge >= 0.3 is 0 Å². The fraction of sp³-hybridized carbons (Fsp3) is 0.0833. The number of rotatable bonds is 8. The van der Waals surface area contributed by atoms with Crippen LogP contribution in [0.15, 0.2) is 96.7 Å². The molecule has 0 saturated heterocycles. The normalized spacial score (nSPS) is 13.4. The van der Waals surface area contributed by atoms with Gasteiger partial charge in [0.2, 0.25) is 0 Å². The summed E-state index contributed by atoms with van der Waals surface area (Å²) in [6.45, 7) is 9.35. The van der Waals surface area contributed by atoms with Crippen LogP contribution in [0, 0.1) is 5.82 Å². The number of benzene rings is 2. The zero-order chi connectivity index (χ0) is 22.4. The number of aromatic nitrogens is 2. The number of nitrogens with zero attached hydrogens (tertiary/aromatic N) is 2. The Kier molecular flexibility index (Phi) is 7.23. The van der Waals surface area contributed by atoms with Crippen LogP contribution in [0.1, 0.15) is 6.92 Å². The van der Waals surface area contributed by atoms with Gasteiger partial charge in [-0.25, -0.2) is 18.3 Å². The highest BCUT2D eigenvalue weighted by Gasteiger charge is 2.16. The zero-order valence-electron chi connectivity index (χ0n) is 17.1. The van der Waals surface area contributed by atoms with Crippen LogP contribution in [0.4, 0.5) is 10.2 Å². The van der Waals surface area contributed by atoms with Gasteiger partial charge in [-0.2, -0.15) is 0 Å². The van der Waals surface area contributed by atoms with E-state index < -0.39 is 16.8 Å². The topological polar surface area (TPSA) is 80.9 Å². The predicted molar refractivity (Wildman–Crippen MR) is 125 cm³/mol. The van der Waals surface area contributed by atoms with Crippen LogP contribution < -0.4 is 10.5 Å². The van der Waals surface area contributed by atoms with E-state index in [0.29, 0.717) is 27.3 Å². The number of halogens is 1. The number of nitrogen functional groups attached to an aromatic ring is 1. The molecule has 0 bridgehead atoms. The smallest absolute Gasteiger partial charge is 0.141 e. The van der Waals surface area contributed by atoms with Crippen LogP contribution in [0.2, 0.25) is 0 Å². The maximum Gasteiger partial charge on any atom is 0.141 e. The van der Waals surface area contributed by atoms with Crippen LogP contribution in [0.5, 0.6) is 0 Å². The summed E-state index contributed by atoms with van der Waals surface area (Å²) in [7, 11) is -1.53. The number of allylic oxidation sites excluding steroid dienone is 2. The van der Waals surface area contributed by atoms with Crippen molar-refractivity contribution in [1.29, 1.82) is 0 Å². The minimum Gasteiger partial charge on any atom is -0.382 e. The lowest BCUT2D eigenvalue weighted by Crippen LogP contribution is -2.29. The highest BCUT2D eigenvalue weighted by molar-refractivity contribution is 7.83. The third-order valence-corrected chi connectivity index (χ3v) is 5.97. The first-order valence-corrected chi connectivity index (χ1v) is 10.7. The molecule has 0 fully saturated rings. The van der Waals surface area contributed by atoms with E-state index in [4.69, 9.17) is 5.73 Å². The second-order valence-electron chi connectivity index (χ2n) is 6.73. The molecule has 2 aromatic carbocycles. The van der Waals surface area contributed by atoms with Crippen LogP contribution in [0.3, 0.4) is 0 Å². The van der Waals surface area contributed by atoms with E-state index in [9.17, 15) is 8.60 Å². The first-order valence-electron chi connectivity index (χ1n) is 9.54. The second-order valence-corrected chi connectivity index (χ2v) is 7.95. The van der Waals surface area contributed by atoms with Crippen molar-refractivity contribution in [2.24, 2.45) is 0 Å². The van der Waals surface area contributed by atoms with Crippen LogP contribution >= 0.6 is 0 Å². The molecule has 31 heavy (non-hydrogen) atoms. The standard InChI is InChI=1S/C24H23FN4OS/c1-4-8-17(5-2)16(3)29-31(30)23-10-7-6-9-19(23)18-11-12-20(21(25)13-18)22-14-28-24(26)15-27-22/h4-16,29H,1-2H2,3H3,(H2,26,28)/b17-8+. The van der Waals surface area contributed by atoms with Gasteiger partial charge in [0.25, 0.3) is 0 Å².